The van der Waals surface area contributed by atoms with Gasteiger partial charge < -0.3 is 22.9 Å². The van der Waals surface area contributed by atoms with Crippen LogP contribution >= 0.6 is 49.6 Å². The summed E-state index contributed by atoms with van der Waals surface area (Å²) >= 11 is 0. The first-order valence-corrected chi connectivity index (χ1v) is 3.63. The van der Waals surface area contributed by atoms with Crippen LogP contribution in [-0.4, -0.2) is 24.2 Å². The topological polar surface area (TPSA) is 104 Å². The highest BCUT2D eigenvalue weighted by Gasteiger charge is 2.28. The van der Waals surface area contributed by atoms with Crippen LogP contribution in [0.1, 0.15) is 12.8 Å². The minimum absolute atomic E-state index is 0. The zero-order chi connectivity index (χ0) is 7.72. The monoisotopic (exact) mass is 288 g/mol. The largest absolute Gasteiger partial charge is 0.326 e. The highest BCUT2D eigenvalue weighted by molar-refractivity contribution is 5.86. The van der Waals surface area contributed by atoms with Gasteiger partial charge in [0.05, 0.1) is 0 Å². The van der Waals surface area contributed by atoms with E-state index in [9.17, 15) is 0 Å². The molecule has 14 heavy (non-hydrogen) atoms. The predicted octanol–water partition coefficient (Wildman–Crippen LogP) is -0.223. The fraction of sp³-hybridized carbons (Fsp3) is 1.00. The molecule has 2 rings (SSSR count). The summed E-state index contributed by atoms with van der Waals surface area (Å²) in [6.45, 7) is 0. The number of hydrogen-bond donors (Lipinski definition) is 4. The van der Waals surface area contributed by atoms with E-state index < -0.39 is 0 Å². The van der Waals surface area contributed by atoms with Gasteiger partial charge in [0, 0.05) is 24.2 Å². The van der Waals surface area contributed by atoms with Crippen molar-refractivity contribution >= 4 is 49.6 Å². The van der Waals surface area contributed by atoms with Gasteiger partial charge in [-0.05, 0) is 12.8 Å². The molecule has 2 saturated carbocycles. The molecule has 8 N–H and O–H groups in total. The van der Waals surface area contributed by atoms with Crippen LogP contribution in [-0.2, 0) is 0 Å². The molecular formula is C6H20Cl4N4. The zero-order valence-corrected chi connectivity index (χ0v) is 10.9. The molecule has 0 bridgehead atoms. The van der Waals surface area contributed by atoms with Crippen molar-refractivity contribution in [3.8, 4) is 0 Å². The van der Waals surface area contributed by atoms with E-state index in [4.69, 9.17) is 22.9 Å². The minimum atomic E-state index is 0. The third-order valence-corrected chi connectivity index (χ3v) is 1.78. The summed E-state index contributed by atoms with van der Waals surface area (Å²) < 4.78 is 0. The summed E-state index contributed by atoms with van der Waals surface area (Å²) in [5.41, 5.74) is 21.0. The molecule has 0 aromatic heterocycles. The molecule has 4 nitrogen and oxygen atoms in total. The van der Waals surface area contributed by atoms with Crippen molar-refractivity contribution in [3.05, 3.63) is 0 Å². The first-order valence-electron chi connectivity index (χ1n) is 3.63. The third kappa shape index (κ3) is 11.1. The van der Waals surface area contributed by atoms with E-state index in [1.165, 1.54) is 0 Å². The molecular weight excluding hydrogens is 270 g/mol. The van der Waals surface area contributed by atoms with Gasteiger partial charge in [-0.2, -0.15) is 0 Å². The van der Waals surface area contributed by atoms with Crippen molar-refractivity contribution in [2.24, 2.45) is 22.9 Å². The van der Waals surface area contributed by atoms with Crippen molar-refractivity contribution in [1.82, 2.24) is 0 Å². The second-order valence-electron chi connectivity index (χ2n) is 3.13. The quantitative estimate of drug-likeness (QED) is 0.495. The van der Waals surface area contributed by atoms with Crippen molar-refractivity contribution in [2.45, 2.75) is 37.0 Å². The molecule has 0 unspecified atom stereocenters. The van der Waals surface area contributed by atoms with Crippen molar-refractivity contribution in [2.75, 3.05) is 0 Å². The molecule has 0 aromatic rings. The second-order valence-corrected chi connectivity index (χ2v) is 3.13. The molecule has 2 aliphatic carbocycles. The lowest BCUT2D eigenvalue weighted by molar-refractivity contribution is 0.962. The Balaban J connectivity index is -0.0000000556. The van der Waals surface area contributed by atoms with Gasteiger partial charge in [0.15, 0.2) is 0 Å². The average Bonchev–Trinajstić information content (AvgIpc) is 2.62. The molecule has 8 heteroatoms. The predicted molar refractivity (Wildman–Crippen MR) is 70.1 cm³/mol. The van der Waals surface area contributed by atoms with Gasteiger partial charge in [0.1, 0.15) is 0 Å². The normalized spacial score (nSPS) is 35.1. The van der Waals surface area contributed by atoms with Crippen molar-refractivity contribution < 1.29 is 0 Å². The molecule has 92 valence electrons. The number of nitrogens with two attached hydrogens (primary N) is 4. The van der Waals surface area contributed by atoms with Crippen LogP contribution in [0.4, 0.5) is 0 Å². The maximum atomic E-state index is 5.24. The smallest absolute Gasteiger partial charge is 0.0208 e. The highest BCUT2D eigenvalue weighted by atomic mass is 35.5. The van der Waals surface area contributed by atoms with E-state index in [2.05, 4.69) is 0 Å². The number of hydrogen-bond acceptors (Lipinski definition) is 4. The molecule has 0 aromatic carbocycles. The third-order valence-electron chi connectivity index (χ3n) is 1.78. The standard InChI is InChI=1S/2C3H8N2.4ClH/c2*4-2-1-3(2)5;;;;/h2*2-3H,1,4-5H2;4*1H/t2*2-,3-;;;;/m10..../s1. The summed E-state index contributed by atoms with van der Waals surface area (Å²) in [6, 6.07) is 1.31. The van der Waals surface area contributed by atoms with Gasteiger partial charge in [0.25, 0.3) is 0 Å². The van der Waals surface area contributed by atoms with Crippen LogP contribution in [0.2, 0.25) is 0 Å². The Kier molecular flexibility index (Phi) is 18.3. The lowest BCUT2D eigenvalue weighted by Crippen LogP contribution is -2.12. The van der Waals surface area contributed by atoms with E-state index >= 15 is 0 Å². The number of rotatable bonds is 0. The lowest BCUT2D eigenvalue weighted by Gasteiger charge is -1.70. The zero-order valence-electron chi connectivity index (χ0n) is 7.67. The molecule has 0 radical (unpaired) electrons. The lowest BCUT2D eigenvalue weighted by atomic mass is 10.7. The molecule has 0 aliphatic heterocycles. The Bertz CT molecular complexity index is 102. The van der Waals surface area contributed by atoms with E-state index in [0.29, 0.717) is 24.2 Å². The highest BCUT2D eigenvalue weighted by Crippen LogP contribution is 2.13. The van der Waals surface area contributed by atoms with Crippen LogP contribution in [0, 0.1) is 0 Å². The molecule has 0 heterocycles. The van der Waals surface area contributed by atoms with Crippen LogP contribution in [0.15, 0.2) is 0 Å². The SMILES string of the molecule is Cl.Cl.Cl.Cl.N[C@@H]1C[C@H]1N.N[C@H]1C[C@@H]1N. The van der Waals surface area contributed by atoms with Gasteiger partial charge in [0.2, 0.25) is 0 Å². The Morgan fingerprint density at radius 2 is 0.571 bits per heavy atom. The Labute approximate surface area is 110 Å². The molecule has 2 aliphatic rings. The fourth-order valence-electron chi connectivity index (χ4n) is 0.471. The van der Waals surface area contributed by atoms with E-state index in [0.717, 1.165) is 12.8 Å². The molecule has 2 fully saturated rings. The fourth-order valence-corrected chi connectivity index (χ4v) is 0.471. The second kappa shape index (κ2) is 10.5. The molecule has 0 spiro atoms. The summed E-state index contributed by atoms with van der Waals surface area (Å²) in [4.78, 5) is 0. The number of halogens is 4. The maximum Gasteiger partial charge on any atom is 0.0208 e. The Hall–Kier alpha value is 1.000. The van der Waals surface area contributed by atoms with Gasteiger partial charge in [-0.15, -0.1) is 49.6 Å². The van der Waals surface area contributed by atoms with Crippen molar-refractivity contribution in [3.63, 3.8) is 0 Å². The Morgan fingerprint density at radius 1 is 0.500 bits per heavy atom. The van der Waals surface area contributed by atoms with E-state index in [1.807, 2.05) is 0 Å². The van der Waals surface area contributed by atoms with Crippen LogP contribution in [0.25, 0.3) is 0 Å². The summed E-state index contributed by atoms with van der Waals surface area (Å²) in [5, 5.41) is 0. The van der Waals surface area contributed by atoms with Crippen molar-refractivity contribution in [1.29, 1.82) is 0 Å². The maximum absolute atomic E-state index is 5.24. The van der Waals surface area contributed by atoms with Crippen LogP contribution in [0.5, 0.6) is 0 Å². The minimum Gasteiger partial charge on any atom is -0.326 e. The molecule has 0 amide bonds. The summed E-state index contributed by atoms with van der Waals surface area (Å²) in [5.74, 6) is 0. The van der Waals surface area contributed by atoms with Gasteiger partial charge in [-0.25, -0.2) is 0 Å². The molecule has 4 atom stereocenters. The van der Waals surface area contributed by atoms with E-state index in [-0.39, 0.29) is 49.6 Å². The summed E-state index contributed by atoms with van der Waals surface area (Å²) in [6.07, 6.45) is 2.06. The van der Waals surface area contributed by atoms with E-state index in [1.54, 1.807) is 0 Å². The van der Waals surface area contributed by atoms with Crippen LogP contribution < -0.4 is 22.9 Å². The average molecular weight is 290 g/mol. The summed E-state index contributed by atoms with van der Waals surface area (Å²) in [7, 11) is 0. The first-order chi connectivity index (χ1) is 4.61. The van der Waals surface area contributed by atoms with Crippen LogP contribution in [0.3, 0.4) is 0 Å². The van der Waals surface area contributed by atoms with Gasteiger partial charge in [-0.1, -0.05) is 0 Å². The molecule has 0 saturated heterocycles. The Morgan fingerprint density at radius 3 is 0.571 bits per heavy atom. The van der Waals surface area contributed by atoms with Gasteiger partial charge in [-0.3, -0.25) is 0 Å². The van der Waals surface area contributed by atoms with Gasteiger partial charge >= 0.3 is 0 Å². The first kappa shape index (κ1) is 24.3.